The number of carbonyl (C=O) groups is 2. The Morgan fingerprint density at radius 2 is 1.77 bits per heavy atom. The second-order valence-corrected chi connectivity index (χ2v) is 6.64. The van der Waals surface area contributed by atoms with E-state index in [1.54, 1.807) is 25.1 Å². The number of carbonyl (C=O) groups excluding carboxylic acids is 2. The Bertz CT molecular complexity index is 852. The standard InChI is InChI=1S/C20H20N2O4/c1-20(15-8-9-16-17(12-15)26-11-5-10-25-16)18(23)22(19(24)21-20)13-14-6-3-2-4-7-14/h2-4,6-9,12H,5,10-11,13H2,1H3,(H,21,24)/t20-/m1/s1. The first-order valence-corrected chi connectivity index (χ1v) is 8.66. The van der Waals surface area contributed by atoms with Crippen LogP contribution in [0.1, 0.15) is 24.5 Å². The van der Waals surface area contributed by atoms with Gasteiger partial charge in [0.15, 0.2) is 11.5 Å². The van der Waals surface area contributed by atoms with E-state index in [1.165, 1.54) is 4.90 Å². The number of rotatable bonds is 3. The quantitative estimate of drug-likeness (QED) is 0.863. The highest BCUT2D eigenvalue weighted by Crippen LogP contribution is 2.36. The molecule has 6 heteroatoms. The SMILES string of the molecule is C[C@]1(c2ccc3c(c2)OCCCO3)NC(=O)N(Cc2ccccc2)C1=O. The molecule has 1 fully saturated rings. The molecule has 0 saturated carbocycles. The lowest BCUT2D eigenvalue weighted by Crippen LogP contribution is -2.40. The van der Waals surface area contributed by atoms with Crippen LogP contribution in [0.2, 0.25) is 0 Å². The van der Waals surface area contributed by atoms with Crippen molar-refractivity contribution in [3.05, 3.63) is 59.7 Å². The van der Waals surface area contributed by atoms with E-state index >= 15 is 0 Å². The number of urea groups is 1. The maximum atomic E-state index is 13.0. The Morgan fingerprint density at radius 1 is 1.04 bits per heavy atom. The number of benzene rings is 2. The fraction of sp³-hybridized carbons (Fsp3) is 0.300. The Balaban J connectivity index is 1.63. The summed E-state index contributed by atoms with van der Waals surface area (Å²) >= 11 is 0. The maximum Gasteiger partial charge on any atom is 0.325 e. The van der Waals surface area contributed by atoms with E-state index in [9.17, 15) is 9.59 Å². The molecule has 0 aliphatic carbocycles. The van der Waals surface area contributed by atoms with Crippen molar-refractivity contribution in [1.29, 1.82) is 0 Å². The van der Waals surface area contributed by atoms with Gasteiger partial charge in [-0.15, -0.1) is 0 Å². The van der Waals surface area contributed by atoms with Gasteiger partial charge in [-0.2, -0.15) is 0 Å². The molecular weight excluding hydrogens is 332 g/mol. The van der Waals surface area contributed by atoms with Crippen molar-refractivity contribution in [2.24, 2.45) is 0 Å². The van der Waals surface area contributed by atoms with Gasteiger partial charge in [0.25, 0.3) is 5.91 Å². The Labute approximate surface area is 151 Å². The molecule has 1 saturated heterocycles. The summed E-state index contributed by atoms with van der Waals surface area (Å²) in [5, 5.41) is 2.83. The molecule has 0 aromatic heterocycles. The molecule has 134 valence electrons. The van der Waals surface area contributed by atoms with Crippen LogP contribution in [0, 0.1) is 0 Å². The van der Waals surface area contributed by atoms with Gasteiger partial charge in [0.1, 0.15) is 5.54 Å². The molecule has 0 bridgehead atoms. The molecule has 0 unspecified atom stereocenters. The highest BCUT2D eigenvalue weighted by Gasteiger charge is 2.49. The van der Waals surface area contributed by atoms with Crippen LogP contribution in [0.15, 0.2) is 48.5 Å². The molecule has 2 aromatic carbocycles. The fourth-order valence-electron chi connectivity index (χ4n) is 3.28. The molecule has 2 aromatic rings. The van der Waals surface area contributed by atoms with Crippen LogP contribution in [0.25, 0.3) is 0 Å². The third-order valence-electron chi connectivity index (χ3n) is 4.78. The van der Waals surface area contributed by atoms with E-state index < -0.39 is 11.6 Å². The van der Waals surface area contributed by atoms with E-state index in [0.717, 1.165) is 12.0 Å². The van der Waals surface area contributed by atoms with Crippen LogP contribution in [-0.2, 0) is 16.9 Å². The van der Waals surface area contributed by atoms with Crippen molar-refractivity contribution in [1.82, 2.24) is 10.2 Å². The number of nitrogens with zero attached hydrogens (tertiary/aromatic N) is 1. The summed E-state index contributed by atoms with van der Waals surface area (Å²) in [5.41, 5.74) is 0.450. The summed E-state index contributed by atoms with van der Waals surface area (Å²) in [6, 6.07) is 14.4. The van der Waals surface area contributed by atoms with Crippen molar-refractivity contribution >= 4 is 11.9 Å². The summed E-state index contributed by atoms with van der Waals surface area (Å²) in [6.45, 7) is 3.13. The number of fused-ring (bicyclic) bond motifs is 1. The van der Waals surface area contributed by atoms with Gasteiger partial charge in [-0.05, 0) is 30.2 Å². The molecule has 1 N–H and O–H groups in total. The maximum absolute atomic E-state index is 13.0. The predicted octanol–water partition coefficient (Wildman–Crippen LogP) is 2.82. The summed E-state index contributed by atoms with van der Waals surface area (Å²) in [6.07, 6.45) is 0.807. The molecule has 0 spiro atoms. The number of amides is 3. The van der Waals surface area contributed by atoms with Gasteiger partial charge in [-0.25, -0.2) is 4.79 Å². The highest BCUT2D eigenvalue weighted by atomic mass is 16.5. The van der Waals surface area contributed by atoms with Crippen molar-refractivity contribution in [2.45, 2.75) is 25.4 Å². The summed E-state index contributed by atoms with van der Waals surface area (Å²) < 4.78 is 11.4. The van der Waals surface area contributed by atoms with Crippen LogP contribution < -0.4 is 14.8 Å². The van der Waals surface area contributed by atoms with E-state index in [2.05, 4.69) is 5.32 Å². The van der Waals surface area contributed by atoms with Gasteiger partial charge in [0.2, 0.25) is 0 Å². The van der Waals surface area contributed by atoms with Crippen molar-refractivity contribution < 1.29 is 19.1 Å². The molecule has 1 atom stereocenters. The normalized spacial score (nSPS) is 22.1. The lowest BCUT2D eigenvalue weighted by atomic mass is 9.91. The van der Waals surface area contributed by atoms with Crippen molar-refractivity contribution in [3.8, 4) is 11.5 Å². The van der Waals surface area contributed by atoms with Gasteiger partial charge in [-0.1, -0.05) is 36.4 Å². The number of ether oxygens (including phenoxy) is 2. The van der Waals surface area contributed by atoms with Crippen molar-refractivity contribution in [3.63, 3.8) is 0 Å². The second kappa shape index (κ2) is 6.37. The first kappa shape index (κ1) is 16.4. The van der Waals surface area contributed by atoms with E-state index in [4.69, 9.17) is 9.47 Å². The first-order valence-electron chi connectivity index (χ1n) is 8.66. The Kier molecular flexibility index (Phi) is 4.03. The largest absolute Gasteiger partial charge is 0.490 e. The zero-order chi connectivity index (χ0) is 18.1. The van der Waals surface area contributed by atoms with Crippen LogP contribution in [-0.4, -0.2) is 30.1 Å². The summed E-state index contributed by atoms with van der Waals surface area (Å²) in [4.78, 5) is 26.8. The van der Waals surface area contributed by atoms with E-state index in [-0.39, 0.29) is 12.5 Å². The monoisotopic (exact) mass is 352 g/mol. The Morgan fingerprint density at radius 3 is 2.54 bits per heavy atom. The first-order chi connectivity index (χ1) is 12.6. The lowest BCUT2D eigenvalue weighted by molar-refractivity contribution is -0.131. The molecular formula is C20H20N2O4. The van der Waals surface area contributed by atoms with Gasteiger partial charge in [0, 0.05) is 6.42 Å². The van der Waals surface area contributed by atoms with Gasteiger partial charge in [-0.3, -0.25) is 9.69 Å². The van der Waals surface area contributed by atoms with E-state index in [1.807, 2.05) is 30.3 Å². The third-order valence-corrected chi connectivity index (χ3v) is 4.78. The average molecular weight is 352 g/mol. The van der Waals surface area contributed by atoms with E-state index in [0.29, 0.717) is 30.3 Å². The van der Waals surface area contributed by atoms with Crippen LogP contribution in [0.4, 0.5) is 4.79 Å². The van der Waals surface area contributed by atoms with Crippen LogP contribution >= 0.6 is 0 Å². The summed E-state index contributed by atoms with van der Waals surface area (Å²) in [7, 11) is 0. The van der Waals surface area contributed by atoms with Gasteiger partial charge < -0.3 is 14.8 Å². The molecule has 2 heterocycles. The van der Waals surface area contributed by atoms with Crippen molar-refractivity contribution in [2.75, 3.05) is 13.2 Å². The van der Waals surface area contributed by atoms with Crippen LogP contribution in [0.5, 0.6) is 11.5 Å². The average Bonchev–Trinajstić information content (AvgIpc) is 2.83. The zero-order valence-corrected chi connectivity index (χ0v) is 14.5. The summed E-state index contributed by atoms with van der Waals surface area (Å²) in [5.74, 6) is 0.985. The minimum Gasteiger partial charge on any atom is -0.490 e. The third kappa shape index (κ3) is 2.77. The molecule has 0 radical (unpaired) electrons. The minimum absolute atomic E-state index is 0.242. The van der Waals surface area contributed by atoms with Crippen LogP contribution in [0.3, 0.4) is 0 Å². The lowest BCUT2D eigenvalue weighted by Gasteiger charge is -2.23. The number of imide groups is 1. The highest BCUT2D eigenvalue weighted by molar-refractivity contribution is 6.07. The molecule has 2 aliphatic heterocycles. The topological polar surface area (TPSA) is 67.9 Å². The Hall–Kier alpha value is -3.02. The van der Waals surface area contributed by atoms with Gasteiger partial charge in [0.05, 0.1) is 19.8 Å². The van der Waals surface area contributed by atoms with Gasteiger partial charge >= 0.3 is 6.03 Å². The number of hydrogen-bond donors (Lipinski definition) is 1. The molecule has 6 nitrogen and oxygen atoms in total. The minimum atomic E-state index is -1.13. The zero-order valence-electron chi connectivity index (χ0n) is 14.5. The molecule has 26 heavy (non-hydrogen) atoms. The molecule has 2 aliphatic rings. The molecule has 3 amide bonds. The molecule has 4 rings (SSSR count). The number of nitrogens with one attached hydrogen (secondary N) is 1. The number of hydrogen-bond acceptors (Lipinski definition) is 4. The predicted molar refractivity (Wildman–Crippen MR) is 94.9 cm³/mol. The smallest absolute Gasteiger partial charge is 0.325 e. The second-order valence-electron chi connectivity index (χ2n) is 6.64. The fourth-order valence-corrected chi connectivity index (χ4v) is 3.28.